The molecule has 0 aliphatic carbocycles. The summed E-state index contributed by atoms with van der Waals surface area (Å²) in [4.78, 5) is 0. The molecule has 0 bridgehead atoms. The smallest absolute Gasteiger partial charge is 0.378 e. The van der Waals surface area contributed by atoms with Crippen LogP contribution in [-0.2, 0) is 6.18 Å². The molecule has 2 aromatic rings. The van der Waals surface area contributed by atoms with Gasteiger partial charge in [-0.2, -0.15) is 13.2 Å². The summed E-state index contributed by atoms with van der Waals surface area (Å²) in [6.07, 6.45) is -4.29. The summed E-state index contributed by atoms with van der Waals surface area (Å²) in [5.41, 5.74) is 3.48. The number of aryl methyl sites for hydroxylation is 2. The van der Waals surface area contributed by atoms with E-state index in [1.54, 1.807) is 0 Å². The SMILES string of the molecule is Cc1cccc(C)c1N[C@@H](C)c1ccc(C(F)(F)F)cc1. The Morgan fingerprint density at radius 3 is 1.90 bits per heavy atom. The van der Waals surface area contributed by atoms with Gasteiger partial charge in [-0.3, -0.25) is 0 Å². The first-order chi connectivity index (χ1) is 9.79. The fraction of sp³-hybridized carbons (Fsp3) is 0.294. The van der Waals surface area contributed by atoms with Crippen LogP contribution in [0.4, 0.5) is 18.9 Å². The average Bonchev–Trinajstić information content (AvgIpc) is 2.42. The zero-order valence-corrected chi connectivity index (χ0v) is 12.3. The van der Waals surface area contributed by atoms with Crippen molar-refractivity contribution < 1.29 is 13.2 Å². The van der Waals surface area contributed by atoms with E-state index in [1.165, 1.54) is 12.1 Å². The zero-order valence-electron chi connectivity index (χ0n) is 12.3. The summed E-state index contributed by atoms with van der Waals surface area (Å²) in [5, 5.41) is 3.37. The Balaban J connectivity index is 2.19. The maximum absolute atomic E-state index is 12.6. The fourth-order valence-electron chi connectivity index (χ4n) is 2.30. The molecule has 1 N–H and O–H groups in total. The summed E-state index contributed by atoms with van der Waals surface area (Å²) in [6.45, 7) is 5.96. The van der Waals surface area contributed by atoms with Crippen molar-refractivity contribution in [1.29, 1.82) is 0 Å². The number of hydrogen-bond acceptors (Lipinski definition) is 1. The maximum Gasteiger partial charge on any atom is 0.416 e. The van der Waals surface area contributed by atoms with Gasteiger partial charge >= 0.3 is 6.18 Å². The summed E-state index contributed by atoms with van der Waals surface area (Å²) in [6, 6.07) is 11.2. The number of benzene rings is 2. The second-order valence-corrected chi connectivity index (χ2v) is 5.25. The van der Waals surface area contributed by atoms with Crippen LogP contribution in [0.2, 0.25) is 0 Å². The zero-order chi connectivity index (χ0) is 15.6. The molecule has 1 atom stereocenters. The highest BCUT2D eigenvalue weighted by Crippen LogP contribution is 2.31. The van der Waals surface area contributed by atoms with Crippen LogP contribution in [-0.4, -0.2) is 0 Å². The molecule has 0 aliphatic heterocycles. The van der Waals surface area contributed by atoms with Crippen LogP contribution in [0.15, 0.2) is 42.5 Å². The van der Waals surface area contributed by atoms with Gasteiger partial charge in [-0.1, -0.05) is 30.3 Å². The molecule has 2 rings (SSSR count). The first-order valence-electron chi connectivity index (χ1n) is 6.79. The molecule has 0 saturated carbocycles. The third-order valence-corrected chi connectivity index (χ3v) is 3.58. The molecule has 0 aliphatic rings. The van der Waals surface area contributed by atoms with Crippen LogP contribution < -0.4 is 5.32 Å². The van der Waals surface area contributed by atoms with E-state index in [-0.39, 0.29) is 6.04 Å². The Morgan fingerprint density at radius 2 is 1.43 bits per heavy atom. The number of halogens is 3. The highest BCUT2D eigenvalue weighted by molar-refractivity contribution is 5.57. The molecule has 0 radical (unpaired) electrons. The minimum Gasteiger partial charge on any atom is -0.378 e. The highest BCUT2D eigenvalue weighted by Gasteiger charge is 2.30. The molecule has 0 aromatic heterocycles. The van der Waals surface area contributed by atoms with E-state index >= 15 is 0 Å². The van der Waals surface area contributed by atoms with E-state index in [4.69, 9.17) is 0 Å². The van der Waals surface area contributed by atoms with Gasteiger partial charge in [0.15, 0.2) is 0 Å². The van der Waals surface area contributed by atoms with Gasteiger partial charge in [0.1, 0.15) is 0 Å². The standard InChI is InChI=1S/C17H18F3N/c1-11-5-4-6-12(2)16(11)21-13(3)14-7-9-15(10-8-14)17(18,19)20/h4-10,13,21H,1-3H3/t13-/m0/s1. The average molecular weight is 293 g/mol. The van der Waals surface area contributed by atoms with Crippen LogP contribution in [0.5, 0.6) is 0 Å². The Bertz CT molecular complexity index is 595. The van der Waals surface area contributed by atoms with Crippen LogP contribution in [0.25, 0.3) is 0 Å². The molecule has 112 valence electrons. The third kappa shape index (κ3) is 3.57. The molecule has 0 unspecified atom stereocenters. The van der Waals surface area contributed by atoms with Crippen molar-refractivity contribution in [3.05, 3.63) is 64.7 Å². The number of alkyl halides is 3. The van der Waals surface area contributed by atoms with Gasteiger partial charge in [-0.25, -0.2) is 0 Å². The summed E-state index contributed by atoms with van der Waals surface area (Å²) in [5.74, 6) is 0. The van der Waals surface area contributed by atoms with E-state index in [0.29, 0.717) is 0 Å². The lowest BCUT2D eigenvalue weighted by atomic mass is 10.0. The largest absolute Gasteiger partial charge is 0.416 e. The molecule has 1 nitrogen and oxygen atoms in total. The van der Waals surface area contributed by atoms with Crippen molar-refractivity contribution in [2.75, 3.05) is 5.32 Å². The van der Waals surface area contributed by atoms with E-state index in [0.717, 1.165) is 34.5 Å². The van der Waals surface area contributed by atoms with Gasteiger partial charge in [0.05, 0.1) is 5.56 Å². The number of rotatable bonds is 3. The van der Waals surface area contributed by atoms with Crippen molar-refractivity contribution in [3.63, 3.8) is 0 Å². The Hall–Kier alpha value is -1.97. The molecule has 0 heterocycles. The van der Waals surface area contributed by atoms with Crippen molar-refractivity contribution in [2.45, 2.75) is 33.0 Å². The van der Waals surface area contributed by atoms with Crippen molar-refractivity contribution in [3.8, 4) is 0 Å². The van der Waals surface area contributed by atoms with Gasteiger partial charge in [0, 0.05) is 11.7 Å². The molecular weight excluding hydrogens is 275 g/mol. The first kappa shape index (κ1) is 15.4. The van der Waals surface area contributed by atoms with Crippen molar-refractivity contribution in [1.82, 2.24) is 0 Å². The summed E-state index contributed by atoms with van der Waals surface area (Å²) in [7, 11) is 0. The molecule has 2 aromatic carbocycles. The van der Waals surface area contributed by atoms with Crippen LogP contribution in [0, 0.1) is 13.8 Å². The van der Waals surface area contributed by atoms with Crippen LogP contribution in [0.3, 0.4) is 0 Å². The number of para-hydroxylation sites is 1. The van der Waals surface area contributed by atoms with Crippen LogP contribution >= 0.6 is 0 Å². The van der Waals surface area contributed by atoms with Crippen molar-refractivity contribution >= 4 is 5.69 Å². The highest BCUT2D eigenvalue weighted by atomic mass is 19.4. The Morgan fingerprint density at radius 1 is 0.905 bits per heavy atom. The van der Waals surface area contributed by atoms with Gasteiger partial charge in [0.25, 0.3) is 0 Å². The number of hydrogen-bond donors (Lipinski definition) is 1. The lowest BCUT2D eigenvalue weighted by Gasteiger charge is -2.20. The van der Waals surface area contributed by atoms with Crippen LogP contribution in [0.1, 0.15) is 35.2 Å². The van der Waals surface area contributed by atoms with Crippen molar-refractivity contribution in [2.24, 2.45) is 0 Å². The molecule has 0 spiro atoms. The minimum absolute atomic E-state index is 0.0629. The predicted molar refractivity (Wildman–Crippen MR) is 79.4 cm³/mol. The summed E-state index contributed by atoms with van der Waals surface area (Å²) >= 11 is 0. The quantitative estimate of drug-likeness (QED) is 0.788. The van der Waals surface area contributed by atoms with E-state index in [2.05, 4.69) is 5.32 Å². The monoisotopic (exact) mass is 293 g/mol. The fourth-order valence-corrected chi connectivity index (χ4v) is 2.30. The number of anilines is 1. The Kier molecular flexibility index (Phi) is 4.26. The molecule has 0 amide bonds. The number of nitrogens with one attached hydrogen (secondary N) is 1. The second kappa shape index (κ2) is 5.80. The molecule has 4 heteroatoms. The van der Waals surface area contributed by atoms with Gasteiger partial charge < -0.3 is 5.32 Å². The van der Waals surface area contributed by atoms with Gasteiger partial charge in [-0.05, 0) is 49.6 Å². The molecule has 0 saturated heterocycles. The molecule has 0 fully saturated rings. The maximum atomic E-state index is 12.6. The molecular formula is C17H18F3N. The lowest BCUT2D eigenvalue weighted by molar-refractivity contribution is -0.137. The topological polar surface area (TPSA) is 12.0 Å². The lowest BCUT2D eigenvalue weighted by Crippen LogP contribution is -2.10. The Labute approximate surface area is 122 Å². The van der Waals surface area contributed by atoms with E-state index in [9.17, 15) is 13.2 Å². The predicted octanol–water partition coefficient (Wildman–Crippen LogP) is 5.50. The van der Waals surface area contributed by atoms with Gasteiger partial charge in [-0.15, -0.1) is 0 Å². The van der Waals surface area contributed by atoms with Gasteiger partial charge in [0.2, 0.25) is 0 Å². The minimum atomic E-state index is -4.29. The van der Waals surface area contributed by atoms with E-state index < -0.39 is 11.7 Å². The first-order valence-corrected chi connectivity index (χ1v) is 6.79. The molecule has 21 heavy (non-hydrogen) atoms. The summed E-state index contributed by atoms with van der Waals surface area (Å²) < 4.78 is 37.7. The second-order valence-electron chi connectivity index (χ2n) is 5.25. The third-order valence-electron chi connectivity index (χ3n) is 3.58. The van der Waals surface area contributed by atoms with E-state index in [1.807, 2.05) is 39.0 Å². The normalized spacial score (nSPS) is 13.0.